The highest BCUT2D eigenvalue weighted by Gasteiger charge is 2.27. The Bertz CT molecular complexity index is 182. The maximum absolute atomic E-state index is 11.9. The van der Waals surface area contributed by atoms with Crippen molar-refractivity contribution in [2.75, 3.05) is 13.1 Å². The van der Waals surface area contributed by atoms with Gasteiger partial charge in [-0.1, -0.05) is 19.3 Å². The third-order valence-corrected chi connectivity index (χ3v) is 2.95. The normalized spacial score (nSPS) is 28.8. The predicted molar refractivity (Wildman–Crippen MR) is 53.5 cm³/mol. The van der Waals surface area contributed by atoms with Crippen LogP contribution in [0.4, 0.5) is 13.2 Å². The lowest BCUT2D eigenvalue weighted by Crippen LogP contribution is -2.39. The van der Waals surface area contributed by atoms with E-state index in [0.717, 1.165) is 32.1 Å². The zero-order chi connectivity index (χ0) is 11.3. The summed E-state index contributed by atoms with van der Waals surface area (Å²) in [6, 6.07) is 0.0632. The summed E-state index contributed by atoms with van der Waals surface area (Å²) in [5.74, 6) is 0.204. The van der Waals surface area contributed by atoms with Crippen LogP contribution in [0.5, 0.6) is 0 Å². The van der Waals surface area contributed by atoms with E-state index in [1.165, 1.54) is 0 Å². The number of hydrogen-bond acceptors (Lipinski definition) is 2. The van der Waals surface area contributed by atoms with Gasteiger partial charge in [0.05, 0.1) is 6.54 Å². The summed E-state index contributed by atoms with van der Waals surface area (Å²) in [5, 5.41) is 2.45. The van der Waals surface area contributed by atoms with Crippen molar-refractivity contribution in [2.45, 2.75) is 44.3 Å². The van der Waals surface area contributed by atoms with Crippen molar-refractivity contribution in [1.29, 1.82) is 0 Å². The topological polar surface area (TPSA) is 38.0 Å². The molecule has 5 heteroatoms. The Morgan fingerprint density at radius 3 is 2.47 bits per heavy atom. The van der Waals surface area contributed by atoms with Crippen LogP contribution < -0.4 is 11.1 Å². The van der Waals surface area contributed by atoms with Gasteiger partial charge in [-0.25, -0.2) is 0 Å². The van der Waals surface area contributed by atoms with Crippen LogP contribution in [0.15, 0.2) is 0 Å². The SMILES string of the molecule is NC1CCCCCC1CNCC(F)(F)F. The van der Waals surface area contributed by atoms with Gasteiger partial charge in [0.1, 0.15) is 0 Å². The van der Waals surface area contributed by atoms with Crippen molar-refractivity contribution in [3.05, 3.63) is 0 Å². The Hall–Kier alpha value is -0.290. The van der Waals surface area contributed by atoms with Crippen molar-refractivity contribution >= 4 is 0 Å². The minimum atomic E-state index is -4.12. The molecule has 1 saturated carbocycles. The summed E-state index contributed by atoms with van der Waals surface area (Å²) in [6.45, 7) is -0.517. The molecule has 0 spiro atoms. The Morgan fingerprint density at radius 1 is 1.13 bits per heavy atom. The molecule has 1 aliphatic carbocycles. The van der Waals surface area contributed by atoms with Gasteiger partial charge in [-0.15, -0.1) is 0 Å². The average molecular weight is 224 g/mol. The highest BCUT2D eigenvalue weighted by molar-refractivity contribution is 4.78. The number of nitrogens with two attached hydrogens (primary N) is 1. The van der Waals surface area contributed by atoms with E-state index in [0.29, 0.717) is 6.54 Å². The highest BCUT2D eigenvalue weighted by Crippen LogP contribution is 2.22. The average Bonchev–Trinajstić information content (AvgIpc) is 2.30. The standard InChI is InChI=1S/C10H19F3N2/c11-10(12,13)7-15-6-8-4-2-1-3-5-9(8)14/h8-9,15H,1-7,14H2. The summed E-state index contributed by atoms with van der Waals surface area (Å²) in [7, 11) is 0. The number of hydrogen-bond donors (Lipinski definition) is 2. The molecule has 0 heterocycles. The van der Waals surface area contributed by atoms with Crippen LogP contribution in [0.25, 0.3) is 0 Å². The largest absolute Gasteiger partial charge is 0.401 e. The van der Waals surface area contributed by atoms with Gasteiger partial charge in [-0.05, 0) is 25.3 Å². The lowest BCUT2D eigenvalue weighted by atomic mass is 9.95. The minimum Gasteiger partial charge on any atom is -0.327 e. The second-order valence-electron chi connectivity index (χ2n) is 4.31. The molecule has 15 heavy (non-hydrogen) atoms. The fourth-order valence-corrected chi connectivity index (χ4v) is 2.07. The van der Waals surface area contributed by atoms with Gasteiger partial charge in [0.15, 0.2) is 0 Å². The molecule has 0 amide bonds. The first kappa shape index (κ1) is 12.8. The van der Waals surface area contributed by atoms with Gasteiger partial charge in [0.2, 0.25) is 0 Å². The summed E-state index contributed by atoms with van der Waals surface area (Å²) < 4.78 is 35.7. The number of nitrogens with one attached hydrogen (secondary N) is 1. The molecule has 0 saturated heterocycles. The molecule has 0 aliphatic heterocycles. The van der Waals surface area contributed by atoms with Gasteiger partial charge in [-0.2, -0.15) is 13.2 Å². The third-order valence-electron chi connectivity index (χ3n) is 2.95. The van der Waals surface area contributed by atoms with E-state index in [2.05, 4.69) is 5.32 Å². The van der Waals surface area contributed by atoms with Crippen molar-refractivity contribution in [3.8, 4) is 0 Å². The van der Waals surface area contributed by atoms with Crippen molar-refractivity contribution in [1.82, 2.24) is 5.32 Å². The molecule has 0 radical (unpaired) electrons. The number of halogens is 3. The maximum Gasteiger partial charge on any atom is 0.401 e. The van der Waals surface area contributed by atoms with Crippen molar-refractivity contribution in [2.24, 2.45) is 11.7 Å². The fourth-order valence-electron chi connectivity index (χ4n) is 2.07. The van der Waals surface area contributed by atoms with Crippen molar-refractivity contribution < 1.29 is 13.2 Å². The van der Waals surface area contributed by atoms with E-state index in [9.17, 15) is 13.2 Å². The zero-order valence-corrected chi connectivity index (χ0v) is 8.82. The minimum absolute atomic E-state index is 0.0632. The van der Waals surface area contributed by atoms with Crippen LogP contribution >= 0.6 is 0 Å². The third kappa shape index (κ3) is 5.37. The molecule has 1 aliphatic rings. The van der Waals surface area contributed by atoms with Gasteiger partial charge < -0.3 is 11.1 Å². The first-order valence-corrected chi connectivity index (χ1v) is 5.52. The molecule has 0 bridgehead atoms. The van der Waals surface area contributed by atoms with E-state index < -0.39 is 12.7 Å². The van der Waals surface area contributed by atoms with Gasteiger partial charge in [0.25, 0.3) is 0 Å². The summed E-state index contributed by atoms with van der Waals surface area (Å²) in [4.78, 5) is 0. The second kappa shape index (κ2) is 5.70. The molecule has 1 fully saturated rings. The quantitative estimate of drug-likeness (QED) is 0.720. The first-order valence-electron chi connectivity index (χ1n) is 5.52. The fraction of sp³-hybridized carbons (Fsp3) is 1.00. The van der Waals surface area contributed by atoms with E-state index in [1.807, 2.05) is 0 Å². The molecule has 0 aromatic carbocycles. The van der Waals surface area contributed by atoms with Gasteiger partial charge in [-0.3, -0.25) is 0 Å². The molecule has 3 N–H and O–H groups in total. The van der Waals surface area contributed by atoms with Gasteiger partial charge in [0, 0.05) is 6.04 Å². The number of alkyl halides is 3. The van der Waals surface area contributed by atoms with E-state index in [4.69, 9.17) is 5.73 Å². The van der Waals surface area contributed by atoms with Crippen LogP contribution in [0.3, 0.4) is 0 Å². The van der Waals surface area contributed by atoms with Crippen LogP contribution in [-0.2, 0) is 0 Å². The predicted octanol–water partition coefficient (Wildman–Crippen LogP) is 2.05. The molecular formula is C10H19F3N2. The molecule has 2 nitrogen and oxygen atoms in total. The first-order chi connectivity index (χ1) is 6.99. The molecule has 0 aromatic rings. The molecule has 0 aromatic heterocycles. The van der Waals surface area contributed by atoms with E-state index in [-0.39, 0.29) is 12.0 Å². The van der Waals surface area contributed by atoms with Crippen LogP contribution in [0, 0.1) is 5.92 Å². The Labute approximate surface area is 88.4 Å². The Morgan fingerprint density at radius 2 is 1.80 bits per heavy atom. The molecule has 2 atom stereocenters. The Kier molecular flexibility index (Phi) is 4.86. The molecule has 90 valence electrons. The monoisotopic (exact) mass is 224 g/mol. The lowest BCUT2D eigenvalue weighted by molar-refractivity contribution is -0.125. The molecule has 1 rings (SSSR count). The van der Waals surface area contributed by atoms with Crippen LogP contribution in [0.2, 0.25) is 0 Å². The van der Waals surface area contributed by atoms with Crippen molar-refractivity contribution in [3.63, 3.8) is 0 Å². The van der Waals surface area contributed by atoms with Gasteiger partial charge >= 0.3 is 6.18 Å². The summed E-state index contributed by atoms with van der Waals surface area (Å²) in [6.07, 6.45) is 1.13. The smallest absolute Gasteiger partial charge is 0.327 e. The van der Waals surface area contributed by atoms with E-state index in [1.54, 1.807) is 0 Å². The number of rotatable bonds is 3. The molecular weight excluding hydrogens is 205 g/mol. The van der Waals surface area contributed by atoms with E-state index >= 15 is 0 Å². The molecule has 2 unspecified atom stereocenters. The zero-order valence-electron chi connectivity index (χ0n) is 8.82. The maximum atomic E-state index is 11.9. The summed E-state index contributed by atoms with van der Waals surface area (Å²) in [5.41, 5.74) is 5.91. The second-order valence-corrected chi connectivity index (χ2v) is 4.31. The Balaban J connectivity index is 2.23. The highest BCUT2D eigenvalue weighted by atomic mass is 19.4. The summed E-state index contributed by atoms with van der Waals surface area (Å²) >= 11 is 0. The van der Waals surface area contributed by atoms with Crippen LogP contribution in [-0.4, -0.2) is 25.3 Å². The van der Waals surface area contributed by atoms with Crippen LogP contribution in [0.1, 0.15) is 32.1 Å². The lowest BCUT2D eigenvalue weighted by Gasteiger charge is -2.22.